The minimum Gasteiger partial charge on any atom is -0.494 e. The zero-order valence-electron chi connectivity index (χ0n) is 19.5. The van der Waals surface area contributed by atoms with E-state index >= 15 is 0 Å². The number of nitrogens with one attached hydrogen (secondary N) is 2. The van der Waals surface area contributed by atoms with Crippen LogP contribution in [0.25, 0.3) is 0 Å². The monoisotopic (exact) mass is 463 g/mol. The molecule has 0 spiro atoms. The van der Waals surface area contributed by atoms with Crippen LogP contribution in [0.5, 0.6) is 5.75 Å². The van der Waals surface area contributed by atoms with Crippen molar-refractivity contribution >= 4 is 34.6 Å². The molecule has 1 saturated heterocycles. The third kappa shape index (κ3) is 4.18. The number of hydrogen-bond acceptors (Lipinski definition) is 4. The minimum absolute atomic E-state index is 0.0668. The van der Waals surface area contributed by atoms with E-state index in [2.05, 4.69) is 52.0 Å². The van der Waals surface area contributed by atoms with Crippen LogP contribution in [-0.4, -0.2) is 27.7 Å². The molecule has 1 fully saturated rings. The van der Waals surface area contributed by atoms with Crippen molar-refractivity contribution in [2.24, 2.45) is 7.05 Å². The van der Waals surface area contributed by atoms with Gasteiger partial charge in [-0.15, -0.1) is 0 Å². The Kier molecular flexibility index (Phi) is 6.37. The van der Waals surface area contributed by atoms with E-state index in [0.29, 0.717) is 23.0 Å². The molecule has 4 rings (SSSR count). The number of thiocarbonyl (C=S) groups is 1. The van der Waals surface area contributed by atoms with Crippen LogP contribution in [0.3, 0.4) is 0 Å². The fourth-order valence-corrected chi connectivity index (χ4v) is 4.65. The maximum Gasteiger partial charge on any atom is 0.224 e. The lowest BCUT2D eigenvalue weighted by Crippen LogP contribution is -2.29. The van der Waals surface area contributed by atoms with Gasteiger partial charge in [-0.3, -0.25) is 9.78 Å². The first-order valence-electron chi connectivity index (χ1n) is 11.0. The second kappa shape index (κ2) is 9.23. The molecular weight excluding hydrogens is 434 g/mol. The van der Waals surface area contributed by atoms with Crippen molar-refractivity contribution in [1.29, 1.82) is 0 Å². The second-order valence-electron chi connectivity index (χ2n) is 8.17. The van der Waals surface area contributed by atoms with Gasteiger partial charge in [-0.1, -0.05) is 13.0 Å². The van der Waals surface area contributed by atoms with Crippen LogP contribution >= 0.6 is 12.2 Å². The molecule has 2 N–H and O–H groups in total. The number of ether oxygens (including phenoxy) is 1. The number of aromatic nitrogens is 2. The third-order valence-electron chi connectivity index (χ3n) is 6.29. The molecule has 2 aromatic heterocycles. The maximum atomic E-state index is 11.9. The minimum atomic E-state index is -0.121. The number of aryl methyl sites for hydroxylation is 1. The maximum absolute atomic E-state index is 11.9. The van der Waals surface area contributed by atoms with Crippen molar-refractivity contribution in [3.63, 3.8) is 0 Å². The van der Waals surface area contributed by atoms with Gasteiger partial charge in [0.2, 0.25) is 5.91 Å². The average molecular weight is 464 g/mol. The summed E-state index contributed by atoms with van der Waals surface area (Å²) in [6.45, 7) is 6.05. The molecule has 1 aliphatic rings. The standard InChI is InChI=1S/C25H29N5O2S/c1-6-22(31)27-19-11-10-17(14-21(19)32-5)30-24(18-13-15(2)29(4)16(18)3)23(28-25(30)33)20-9-7-8-12-26-20/h7-14,23-24H,6H2,1-5H3,(H,27,31)(H,28,33)/t23-,24-/m0/s1. The van der Waals surface area contributed by atoms with E-state index in [9.17, 15) is 4.79 Å². The lowest BCUT2D eigenvalue weighted by Gasteiger charge is -2.28. The molecule has 33 heavy (non-hydrogen) atoms. The topological polar surface area (TPSA) is 71.4 Å². The van der Waals surface area contributed by atoms with Crippen molar-refractivity contribution in [2.75, 3.05) is 17.3 Å². The molecule has 0 unspecified atom stereocenters. The van der Waals surface area contributed by atoms with Crippen molar-refractivity contribution < 1.29 is 9.53 Å². The smallest absolute Gasteiger partial charge is 0.224 e. The Balaban J connectivity index is 1.82. The van der Waals surface area contributed by atoms with Gasteiger partial charge in [0.25, 0.3) is 0 Å². The van der Waals surface area contributed by atoms with Crippen LogP contribution in [0.1, 0.15) is 48.1 Å². The van der Waals surface area contributed by atoms with E-state index in [1.807, 2.05) is 43.3 Å². The molecule has 0 saturated carbocycles. The van der Waals surface area contributed by atoms with Crippen molar-refractivity contribution in [2.45, 2.75) is 39.3 Å². The molecule has 2 atom stereocenters. The zero-order valence-corrected chi connectivity index (χ0v) is 20.4. The number of pyridine rings is 1. The number of methoxy groups -OCH3 is 1. The van der Waals surface area contributed by atoms with E-state index in [4.69, 9.17) is 17.0 Å². The normalized spacial score (nSPS) is 17.7. The summed E-state index contributed by atoms with van der Waals surface area (Å²) in [5.74, 6) is 0.515. The van der Waals surface area contributed by atoms with Crippen LogP contribution < -0.4 is 20.3 Å². The highest BCUT2D eigenvalue weighted by Crippen LogP contribution is 2.44. The van der Waals surface area contributed by atoms with E-state index in [0.717, 1.165) is 11.4 Å². The van der Waals surface area contributed by atoms with Crippen LogP contribution in [0.15, 0.2) is 48.7 Å². The predicted octanol–water partition coefficient (Wildman–Crippen LogP) is 4.57. The van der Waals surface area contributed by atoms with Gasteiger partial charge in [0.15, 0.2) is 5.11 Å². The van der Waals surface area contributed by atoms with Gasteiger partial charge in [0.1, 0.15) is 5.75 Å². The van der Waals surface area contributed by atoms with E-state index in [1.165, 1.54) is 17.0 Å². The molecule has 3 aromatic rings. The molecule has 1 aliphatic heterocycles. The third-order valence-corrected chi connectivity index (χ3v) is 6.60. The zero-order chi connectivity index (χ0) is 23.7. The van der Waals surface area contributed by atoms with Crippen LogP contribution in [0.2, 0.25) is 0 Å². The lowest BCUT2D eigenvalue weighted by atomic mass is 9.96. The van der Waals surface area contributed by atoms with Gasteiger partial charge in [-0.05, 0) is 62.0 Å². The Morgan fingerprint density at radius 1 is 1.24 bits per heavy atom. The molecule has 1 amide bonds. The average Bonchev–Trinajstić information content (AvgIpc) is 3.30. The van der Waals surface area contributed by atoms with Crippen LogP contribution in [0.4, 0.5) is 11.4 Å². The largest absolute Gasteiger partial charge is 0.494 e. The van der Waals surface area contributed by atoms with Gasteiger partial charge >= 0.3 is 0 Å². The van der Waals surface area contributed by atoms with Gasteiger partial charge in [-0.2, -0.15) is 0 Å². The first-order chi connectivity index (χ1) is 15.8. The first kappa shape index (κ1) is 22.8. The number of anilines is 2. The Morgan fingerprint density at radius 2 is 2.03 bits per heavy atom. The number of carbonyl (C=O) groups excluding carboxylic acids is 1. The number of benzene rings is 1. The molecule has 0 radical (unpaired) electrons. The summed E-state index contributed by atoms with van der Waals surface area (Å²) in [6.07, 6.45) is 2.20. The summed E-state index contributed by atoms with van der Waals surface area (Å²) in [5.41, 5.74) is 5.97. The summed E-state index contributed by atoms with van der Waals surface area (Å²) in [4.78, 5) is 18.7. The summed E-state index contributed by atoms with van der Waals surface area (Å²) in [6, 6.07) is 13.6. The van der Waals surface area contributed by atoms with Crippen LogP contribution in [0, 0.1) is 13.8 Å². The number of rotatable bonds is 6. The van der Waals surface area contributed by atoms with Gasteiger partial charge < -0.3 is 24.8 Å². The van der Waals surface area contributed by atoms with Crippen molar-refractivity contribution in [1.82, 2.24) is 14.9 Å². The number of nitrogens with zero attached hydrogens (tertiary/aromatic N) is 3. The Bertz CT molecular complexity index is 1190. The quantitative estimate of drug-likeness (QED) is 0.522. The second-order valence-corrected chi connectivity index (χ2v) is 8.56. The molecule has 0 bridgehead atoms. The van der Waals surface area contributed by atoms with Gasteiger partial charge in [0, 0.05) is 42.8 Å². The molecule has 8 heteroatoms. The van der Waals surface area contributed by atoms with E-state index in [1.54, 1.807) is 13.3 Å². The molecule has 0 aliphatic carbocycles. The lowest BCUT2D eigenvalue weighted by molar-refractivity contribution is -0.115. The number of hydrogen-bond donors (Lipinski definition) is 2. The summed E-state index contributed by atoms with van der Waals surface area (Å²) < 4.78 is 7.79. The number of amides is 1. The summed E-state index contributed by atoms with van der Waals surface area (Å²) in [7, 11) is 3.67. The highest BCUT2D eigenvalue weighted by Gasteiger charge is 2.42. The molecular formula is C25H29N5O2S. The Morgan fingerprint density at radius 3 is 2.64 bits per heavy atom. The molecule has 1 aromatic carbocycles. The van der Waals surface area contributed by atoms with E-state index < -0.39 is 0 Å². The number of carbonyl (C=O) groups is 1. The fourth-order valence-electron chi connectivity index (χ4n) is 4.30. The molecule has 172 valence electrons. The molecule has 3 heterocycles. The highest BCUT2D eigenvalue weighted by molar-refractivity contribution is 7.80. The van der Waals surface area contributed by atoms with Crippen molar-refractivity contribution in [3.8, 4) is 5.75 Å². The summed E-state index contributed by atoms with van der Waals surface area (Å²) >= 11 is 5.83. The SMILES string of the molecule is CCC(=O)Nc1ccc(N2C(=S)N[C@@H](c3ccccn3)[C@@H]2c2cc(C)n(C)c2C)cc1OC. The van der Waals surface area contributed by atoms with E-state index in [-0.39, 0.29) is 18.0 Å². The fraction of sp³-hybridized carbons (Fsp3) is 0.320. The Hall–Kier alpha value is -3.39. The first-order valence-corrected chi connectivity index (χ1v) is 11.4. The van der Waals surface area contributed by atoms with Crippen LogP contribution in [-0.2, 0) is 11.8 Å². The van der Waals surface area contributed by atoms with Gasteiger partial charge in [-0.25, -0.2) is 0 Å². The Labute approximate surface area is 199 Å². The molecule has 7 nitrogen and oxygen atoms in total. The highest BCUT2D eigenvalue weighted by atomic mass is 32.1. The summed E-state index contributed by atoms with van der Waals surface area (Å²) in [5, 5.41) is 7.00. The predicted molar refractivity (Wildman–Crippen MR) is 135 cm³/mol. The van der Waals surface area contributed by atoms with Crippen molar-refractivity contribution in [3.05, 3.63) is 71.3 Å². The van der Waals surface area contributed by atoms with Gasteiger partial charge in [0.05, 0.1) is 30.6 Å².